The van der Waals surface area contributed by atoms with E-state index in [9.17, 15) is 0 Å². The van der Waals surface area contributed by atoms with E-state index >= 15 is 0 Å². The van der Waals surface area contributed by atoms with Crippen LogP contribution in [0.2, 0.25) is 0 Å². The van der Waals surface area contributed by atoms with Gasteiger partial charge < -0.3 is 4.74 Å². The summed E-state index contributed by atoms with van der Waals surface area (Å²) in [5.41, 5.74) is 1.37. The van der Waals surface area contributed by atoms with E-state index in [1.807, 2.05) is 0 Å². The maximum Gasteiger partial charge on any atom is 0.123 e. The highest BCUT2D eigenvalue weighted by Crippen LogP contribution is 2.34. The van der Waals surface area contributed by atoms with Crippen LogP contribution in [0.5, 0.6) is 5.75 Å². The Balaban J connectivity index is 2.22. The van der Waals surface area contributed by atoms with E-state index in [2.05, 4.69) is 36.5 Å². The van der Waals surface area contributed by atoms with Crippen molar-refractivity contribution in [3.05, 3.63) is 23.8 Å². The van der Waals surface area contributed by atoms with Gasteiger partial charge in [0.1, 0.15) is 5.75 Å². The summed E-state index contributed by atoms with van der Waals surface area (Å²) in [5.74, 6) is 1.07. The lowest BCUT2D eigenvalue weighted by molar-refractivity contribution is 0.357. The molecular weight excluding hydrogens is 194 g/mol. The number of hydrogen-bond acceptors (Lipinski definition) is 3. The van der Waals surface area contributed by atoms with Crippen LogP contribution in [-0.2, 0) is 6.42 Å². The van der Waals surface area contributed by atoms with Gasteiger partial charge in [0.05, 0.1) is 6.61 Å². The predicted octanol–water partition coefficient (Wildman–Crippen LogP) is 2.58. The molecule has 1 aliphatic heterocycles. The number of nitrogens with zero attached hydrogens (tertiary/aromatic N) is 1. The molecule has 1 aromatic carbocycles. The third-order valence-corrected chi connectivity index (χ3v) is 3.55. The molecule has 0 saturated carbocycles. The number of hydrogen-bond donors (Lipinski definition) is 0. The minimum atomic E-state index is 0.836. The van der Waals surface area contributed by atoms with E-state index in [0.717, 1.165) is 25.3 Å². The summed E-state index contributed by atoms with van der Waals surface area (Å²) in [6.07, 6.45) is 1.05. The summed E-state index contributed by atoms with van der Waals surface area (Å²) < 4.78 is 7.75. The molecule has 0 bridgehead atoms. The molecule has 0 fully saturated rings. The number of fused-ring (bicyclic) bond motifs is 1. The first-order valence-corrected chi connectivity index (χ1v) is 5.72. The Kier molecular flexibility index (Phi) is 2.99. The largest absolute Gasteiger partial charge is 0.493 e. The van der Waals surface area contributed by atoms with E-state index in [0.29, 0.717) is 0 Å². The monoisotopic (exact) mass is 209 g/mol. The van der Waals surface area contributed by atoms with Crippen LogP contribution in [0.25, 0.3) is 0 Å². The van der Waals surface area contributed by atoms with Gasteiger partial charge in [0, 0.05) is 23.4 Å². The van der Waals surface area contributed by atoms with Crippen molar-refractivity contribution in [1.82, 2.24) is 4.31 Å². The van der Waals surface area contributed by atoms with E-state index in [-0.39, 0.29) is 0 Å². The van der Waals surface area contributed by atoms with Gasteiger partial charge in [0.25, 0.3) is 0 Å². The molecule has 0 radical (unpaired) electrons. The summed E-state index contributed by atoms with van der Waals surface area (Å²) >= 11 is 1.80. The van der Waals surface area contributed by atoms with Crippen molar-refractivity contribution in [2.75, 3.05) is 20.2 Å². The Bertz CT molecular complexity index is 327. The quantitative estimate of drug-likeness (QED) is 0.710. The van der Waals surface area contributed by atoms with Crippen molar-refractivity contribution >= 4 is 11.9 Å². The number of rotatable bonds is 3. The smallest absolute Gasteiger partial charge is 0.123 e. The van der Waals surface area contributed by atoms with E-state index in [1.54, 1.807) is 11.9 Å². The molecule has 1 aromatic rings. The van der Waals surface area contributed by atoms with Gasteiger partial charge in [-0.25, -0.2) is 4.31 Å². The molecule has 0 atom stereocenters. The lowest BCUT2D eigenvalue weighted by Gasteiger charge is -2.14. The second-order valence-corrected chi connectivity index (χ2v) is 4.61. The molecule has 0 aliphatic carbocycles. The Labute approximate surface area is 89.4 Å². The third-order valence-electron chi connectivity index (χ3n) is 2.40. The first-order chi connectivity index (χ1) is 6.81. The summed E-state index contributed by atoms with van der Waals surface area (Å²) in [5, 5.41) is 0. The van der Waals surface area contributed by atoms with Crippen LogP contribution >= 0.6 is 11.9 Å². The van der Waals surface area contributed by atoms with Crippen LogP contribution in [-0.4, -0.2) is 24.5 Å². The average molecular weight is 209 g/mol. The van der Waals surface area contributed by atoms with Gasteiger partial charge in [-0.15, -0.1) is 0 Å². The van der Waals surface area contributed by atoms with E-state index < -0.39 is 0 Å². The normalized spacial score (nSPS) is 14.2. The predicted molar refractivity (Wildman–Crippen MR) is 59.8 cm³/mol. The van der Waals surface area contributed by atoms with Gasteiger partial charge in [-0.1, -0.05) is 13.0 Å². The molecule has 0 unspecified atom stereocenters. The molecule has 1 heterocycles. The van der Waals surface area contributed by atoms with Crippen molar-refractivity contribution in [2.24, 2.45) is 0 Å². The maximum absolute atomic E-state index is 5.52. The second kappa shape index (κ2) is 4.24. The van der Waals surface area contributed by atoms with Crippen LogP contribution in [0.1, 0.15) is 12.5 Å². The zero-order valence-corrected chi connectivity index (χ0v) is 9.43. The zero-order chi connectivity index (χ0) is 9.97. The number of ether oxygens (including phenoxy) is 1. The fourth-order valence-electron chi connectivity index (χ4n) is 1.51. The highest BCUT2D eigenvalue weighted by molar-refractivity contribution is 7.97. The lowest BCUT2D eigenvalue weighted by Crippen LogP contribution is -2.07. The highest BCUT2D eigenvalue weighted by atomic mass is 32.2. The molecule has 76 valence electrons. The average Bonchev–Trinajstić information content (AvgIpc) is 2.66. The van der Waals surface area contributed by atoms with Crippen molar-refractivity contribution < 1.29 is 4.74 Å². The summed E-state index contributed by atoms with van der Waals surface area (Å²) in [4.78, 5) is 1.34. The molecule has 0 spiro atoms. The fourth-order valence-corrected chi connectivity index (χ4v) is 2.43. The van der Waals surface area contributed by atoms with Gasteiger partial charge in [0.15, 0.2) is 0 Å². The molecule has 2 rings (SSSR count). The zero-order valence-electron chi connectivity index (χ0n) is 8.62. The van der Waals surface area contributed by atoms with Crippen molar-refractivity contribution in [3.8, 4) is 5.75 Å². The Morgan fingerprint density at radius 3 is 3.14 bits per heavy atom. The minimum Gasteiger partial charge on any atom is -0.493 e. The van der Waals surface area contributed by atoms with Crippen LogP contribution in [0, 0.1) is 0 Å². The topological polar surface area (TPSA) is 12.5 Å². The Morgan fingerprint density at radius 1 is 1.50 bits per heavy atom. The SMILES string of the molecule is CCN(C)Sc1cccc2c1CCO2. The van der Waals surface area contributed by atoms with Gasteiger partial charge in [-0.2, -0.15) is 0 Å². The van der Waals surface area contributed by atoms with Gasteiger partial charge in [-0.3, -0.25) is 0 Å². The summed E-state index contributed by atoms with van der Waals surface area (Å²) in [6.45, 7) is 4.05. The molecule has 0 N–H and O–H groups in total. The molecule has 1 aliphatic rings. The Hall–Kier alpha value is -0.670. The second-order valence-electron chi connectivity index (χ2n) is 3.37. The minimum absolute atomic E-state index is 0.836. The van der Waals surface area contributed by atoms with Crippen molar-refractivity contribution in [3.63, 3.8) is 0 Å². The summed E-state index contributed by atoms with van der Waals surface area (Å²) in [6, 6.07) is 6.29. The fraction of sp³-hybridized carbons (Fsp3) is 0.455. The molecule has 0 amide bonds. The maximum atomic E-state index is 5.52. The summed E-state index contributed by atoms with van der Waals surface area (Å²) in [7, 11) is 2.11. The van der Waals surface area contributed by atoms with Gasteiger partial charge in [-0.05, 0) is 31.1 Å². The van der Waals surface area contributed by atoms with Crippen molar-refractivity contribution in [2.45, 2.75) is 18.2 Å². The van der Waals surface area contributed by atoms with Gasteiger partial charge >= 0.3 is 0 Å². The molecule has 2 nitrogen and oxygen atoms in total. The van der Waals surface area contributed by atoms with Crippen LogP contribution in [0.4, 0.5) is 0 Å². The molecule has 0 aromatic heterocycles. The number of benzene rings is 1. The third kappa shape index (κ3) is 1.88. The standard InChI is InChI=1S/C11H15NOS/c1-3-12(2)14-11-6-4-5-10-9(11)7-8-13-10/h4-6H,3,7-8H2,1-2H3. The molecular formula is C11H15NOS. The van der Waals surface area contributed by atoms with Crippen LogP contribution < -0.4 is 4.74 Å². The van der Waals surface area contributed by atoms with Crippen LogP contribution in [0.15, 0.2) is 23.1 Å². The van der Waals surface area contributed by atoms with E-state index in [4.69, 9.17) is 4.74 Å². The lowest BCUT2D eigenvalue weighted by atomic mass is 10.2. The molecule has 0 saturated heterocycles. The van der Waals surface area contributed by atoms with E-state index in [1.165, 1.54) is 10.5 Å². The van der Waals surface area contributed by atoms with Gasteiger partial charge in [0.2, 0.25) is 0 Å². The first-order valence-electron chi connectivity index (χ1n) is 4.95. The highest BCUT2D eigenvalue weighted by Gasteiger charge is 2.16. The van der Waals surface area contributed by atoms with Crippen molar-refractivity contribution in [1.29, 1.82) is 0 Å². The molecule has 14 heavy (non-hydrogen) atoms. The molecule has 3 heteroatoms. The van der Waals surface area contributed by atoms with Crippen LogP contribution in [0.3, 0.4) is 0 Å². The first kappa shape index (κ1) is 9.87. The Morgan fingerprint density at radius 2 is 2.36 bits per heavy atom.